The predicted octanol–water partition coefficient (Wildman–Crippen LogP) is 5.31. The number of halogens is 1. The number of hydrogen-bond acceptors (Lipinski definition) is 4. The molecule has 0 saturated carbocycles. The zero-order chi connectivity index (χ0) is 25.0. The van der Waals surface area contributed by atoms with Crippen molar-refractivity contribution < 1.29 is 23.8 Å². The van der Waals surface area contributed by atoms with Gasteiger partial charge in [0.15, 0.2) is 5.60 Å². The summed E-state index contributed by atoms with van der Waals surface area (Å²) in [5.41, 5.74) is 3.30. The number of fused-ring (bicyclic) bond motifs is 2. The molecule has 5 rings (SSSR count). The van der Waals surface area contributed by atoms with Gasteiger partial charge in [0.25, 0.3) is 0 Å². The van der Waals surface area contributed by atoms with Gasteiger partial charge in [0, 0.05) is 40.6 Å². The number of benzene rings is 2. The third-order valence-electron chi connectivity index (χ3n) is 7.23. The van der Waals surface area contributed by atoms with E-state index in [0.29, 0.717) is 26.1 Å². The molecule has 0 spiro atoms. The van der Waals surface area contributed by atoms with E-state index in [9.17, 15) is 14.3 Å². The van der Waals surface area contributed by atoms with Crippen LogP contribution < -0.4 is 0 Å². The molecule has 0 unspecified atom stereocenters. The number of hydrogen-bond donors (Lipinski definition) is 2. The number of H-pyrrole nitrogens is 1. The molecule has 184 valence electrons. The number of aromatic nitrogens is 3. The first-order chi connectivity index (χ1) is 16.6. The number of nitrogens with one attached hydrogen (secondary N) is 1. The van der Waals surface area contributed by atoms with Crippen LogP contribution in [0.15, 0.2) is 42.6 Å². The Morgan fingerprint density at radius 2 is 2.09 bits per heavy atom. The van der Waals surface area contributed by atoms with E-state index in [4.69, 9.17) is 9.47 Å². The zero-order valence-corrected chi connectivity index (χ0v) is 20.4. The summed E-state index contributed by atoms with van der Waals surface area (Å²) in [6, 6.07) is 10.7. The maximum Gasteiger partial charge on any atom is 0.335 e. The first kappa shape index (κ1) is 23.5. The maximum atomic E-state index is 13.9. The number of nitrogens with zero attached hydrogens (tertiary/aromatic N) is 2. The van der Waals surface area contributed by atoms with Crippen molar-refractivity contribution in [3.8, 4) is 5.69 Å². The average Bonchev–Trinajstić information content (AvgIpc) is 3.41. The van der Waals surface area contributed by atoms with E-state index < -0.39 is 17.0 Å². The van der Waals surface area contributed by atoms with Crippen LogP contribution in [0.2, 0.25) is 0 Å². The predicted molar refractivity (Wildman–Crippen MR) is 132 cm³/mol. The van der Waals surface area contributed by atoms with Crippen LogP contribution in [0.4, 0.5) is 4.39 Å². The summed E-state index contributed by atoms with van der Waals surface area (Å²) in [6.07, 6.45) is 2.87. The van der Waals surface area contributed by atoms with Crippen molar-refractivity contribution in [2.45, 2.75) is 50.5 Å². The second-order valence-electron chi connectivity index (χ2n) is 10.3. The van der Waals surface area contributed by atoms with E-state index in [-0.39, 0.29) is 11.7 Å². The standard InChI is InChI=1S/C27H30FN3O4/c1-26(2,15-34-4)24-23(16-9-10-27(3,25(32)33)35-14-16)20-12-21-17(13-29-30-21)11-22(20)31(24)19-7-5-18(28)6-8-19/h5-8,11-13,16H,9-10,14-15H2,1-4H3,(H,29,30)(H,32,33)/t16-,27+/m1/s1. The lowest BCUT2D eigenvalue weighted by Crippen LogP contribution is -2.43. The maximum absolute atomic E-state index is 13.9. The highest BCUT2D eigenvalue weighted by Gasteiger charge is 2.42. The van der Waals surface area contributed by atoms with Crippen LogP contribution in [0.25, 0.3) is 27.5 Å². The summed E-state index contributed by atoms with van der Waals surface area (Å²) in [7, 11) is 1.68. The molecule has 0 amide bonds. The number of carboxylic acid groups (broad SMARTS) is 1. The molecule has 0 bridgehead atoms. The van der Waals surface area contributed by atoms with Gasteiger partial charge in [0.2, 0.25) is 0 Å². The molecule has 7 nitrogen and oxygen atoms in total. The molecule has 1 aliphatic heterocycles. The third-order valence-corrected chi connectivity index (χ3v) is 7.23. The molecule has 2 aromatic carbocycles. The van der Waals surface area contributed by atoms with Crippen LogP contribution >= 0.6 is 0 Å². The number of carboxylic acids is 1. The molecule has 8 heteroatoms. The molecule has 1 saturated heterocycles. The van der Waals surface area contributed by atoms with E-state index in [2.05, 4.69) is 40.7 Å². The average molecular weight is 480 g/mol. The lowest BCUT2D eigenvalue weighted by atomic mass is 9.79. The molecule has 2 N–H and O–H groups in total. The molecule has 2 aromatic heterocycles. The van der Waals surface area contributed by atoms with E-state index >= 15 is 0 Å². The summed E-state index contributed by atoms with van der Waals surface area (Å²) < 4.78 is 27.6. The van der Waals surface area contributed by atoms with E-state index in [1.165, 1.54) is 12.1 Å². The largest absolute Gasteiger partial charge is 0.479 e. The quantitative estimate of drug-likeness (QED) is 0.391. The summed E-state index contributed by atoms with van der Waals surface area (Å²) in [5, 5.41) is 18.9. The fourth-order valence-electron chi connectivity index (χ4n) is 5.40. The van der Waals surface area contributed by atoms with Gasteiger partial charge in [0.05, 0.1) is 30.4 Å². The molecule has 3 heterocycles. The SMILES string of the molecule is COCC(C)(C)c1c([C@@H]2CC[C@@](C)(C(=O)O)OC2)c2cc3[nH]ncc3cc2n1-c1ccc(F)cc1. The molecular formula is C27H30FN3O4. The van der Waals surface area contributed by atoms with E-state index in [1.54, 1.807) is 32.4 Å². The summed E-state index contributed by atoms with van der Waals surface area (Å²) in [6.45, 7) is 6.66. The van der Waals surface area contributed by atoms with Crippen molar-refractivity contribution in [1.82, 2.24) is 14.8 Å². The van der Waals surface area contributed by atoms with Gasteiger partial charge >= 0.3 is 5.97 Å². The molecule has 0 aliphatic carbocycles. The molecular weight excluding hydrogens is 449 g/mol. The Bertz CT molecular complexity index is 1400. The van der Waals surface area contributed by atoms with Crippen molar-refractivity contribution in [3.63, 3.8) is 0 Å². The van der Waals surface area contributed by atoms with Crippen LogP contribution in [0, 0.1) is 5.82 Å². The first-order valence-corrected chi connectivity index (χ1v) is 11.8. The second-order valence-corrected chi connectivity index (χ2v) is 10.3. The van der Waals surface area contributed by atoms with Gasteiger partial charge in [-0.2, -0.15) is 5.10 Å². The first-order valence-electron chi connectivity index (χ1n) is 11.8. The van der Waals surface area contributed by atoms with Crippen LogP contribution in [0.3, 0.4) is 0 Å². The zero-order valence-electron chi connectivity index (χ0n) is 20.4. The van der Waals surface area contributed by atoms with Crippen LogP contribution in [0.5, 0.6) is 0 Å². The molecule has 4 aromatic rings. The fourth-order valence-corrected chi connectivity index (χ4v) is 5.40. The Balaban J connectivity index is 1.80. The minimum Gasteiger partial charge on any atom is -0.479 e. The number of aliphatic carboxylic acids is 1. The summed E-state index contributed by atoms with van der Waals surface area (Å²) in [5.74, 6) is -1.25. The van der Waals surface area contributed by atoms with Crippen molar-refractivity contribution in [3.05, 3.63) is 59.7 Å². The number of ether oxygens (including phenoxy) is 2. The van der Waals surface area contributed by atoms with E-state index in [0.717, 1.165) is 38.8 Å². The lowest BCUT2D eigenvalue weighted by molar-refractivity contribution is -0.170. The molecule has 35 heavy (non-hydrogen) atoms. The minimum atomic E-state index is -1.19. The second kappa shape index (κ2) is 8.46. The highest BCUT2D eigenvalue weighted by molar-refractivity contribution is 5.99. The highest BCUT2D eigenvalue weighted by Crippen LogP contribution is 2.45. The van der Waals surface area contributed by atoms with Gasteiger partial charge < -0.3 is 19.1 Å². The van der Waals surface area contributed by atoms with Crippen molar-refractivity contribution in [2.24, 2.45) is 0 Å². The minimum absolute atomic E-state index is 0.0156. The van der Waals surface area contributed by atoms with Gasteiger partial charge in [-0.25, -0.2) is 9.18 Å². The number of methoxy groups -OCH3 is 1. The van der Waals surface area contributed by atoms with Crippen LogP contribution in [0.1, 0.15) is 50.8 Å². The van der Waals surface area contributed by atoms with Gasteiger partial charge in [-0.05, 0) is 61.7 Å². The Morgan fingerprint density at radius 1 is 1.34 bits per heavy atom. The van der Waals surface area contributed by atoms with Crippen LogP contribution in [-0.2, 0) is 19.7 Å². The highest BCUT2D eigenvalue weighted by atomic mass is 19.1. The summed E-state index contributed by atoms with van der Waals surface area (Å²) in [4.78, 5) is 11.8. The van der Waals surface area contributed by atoms with Crippen molar-refractivity contribution in [2.75, 3.05) is 20.3 Å². The molecule has 0 radical (unpaired) electrons. The fraction of sp³-hybridized carbons (Fsp3) is 0.407. The summed E-state index contributed by atoms with van der Waals surface area (Å²) >= 11 is 0. The smallest absolute Gasteiger partial charge is 0.335 e. The van der Waals surface area contributed by atoms with Crippen molar-refractivity contribution >= 4 is 27.8 Å². The van der Waals surface area contributed by atoms with Gasteiger partial charge in [0.1, 0.15) is 5.82 Å². The normalized spacial score (nSPS) is 21.1. The van der Waals surface area contributed by atoms with Gasteiger partial charge in [-0.15, -0.1) is 0 Å². The number of aromatic amines is 1. The Kier molecular flexibility index (Phi) is 5.68. The Labute approximate surface area is 202 Å². The van der Waals surface area contributed by atoms with Crippen molar-refractivity contribution in [1.29, 1.82) is 0 Å². The Hall–Kier alpha value is -3.23. The molecule has 1 fully saturated rings. The third kappa shape index (κ3) is 3.90. The van der Waals surface area contributed by atoms with Gasteiger partial charge in [-0.3, -0.25) is 5.10 Å². The number of rotatable bonds is 6. The number of carbonyl (C=O) groups is 1. The van der Waals surface area contributed by atoms with E-state index in [1.807, 2.05) is 0 Å². The molecule has 2 atom stereocenters. The monoisotopic (exact) mass is 479 g/mol. The van der Waals surface area contributed by atoms with Crippen LogP contribution in [-0.4, -0.2) is 51.8 Å². The van der Waals surface area contributed by atoms with Gasteiger partial charge in [-0.1, -0.05) is 13.8 Å². The Morgan fingerprint density at radius 3 is 2.71 bits per heavy atom. The topological polar surface area (TPSA) is 89.4 Å². The lowest BCUT2D eigenvalue weighted by Gasteiger charge is -2.36. The molecule has 1 aliphatic rings.